The van der Waals surface area contributed by atoms with Crippen molar-refractivity contribution in [3.63, 3.8) is 0 Å². The van der Waals surface area contributed by atoms with E-state index in [-0.39, 0.29) is 17.9 Å². The van der Waals surface area contributed by atoms with Crippen LogP contribution in [0, 0.1) is 6.92 Å². The predicted molar refractivity (Wildman–Crippen MR) is 152 cm³/mol. The fourth-order valence-electron chi connectivity index (χ4n) is 6.84. The maximum Gasteiger partial charge on any atom is 0.303 e. The van der Waals surface area contributed by atoms with E-state index in [9.17, 15) is 4.79 Å². The molecule has 0 spiro atoms. The van der Waals surface area contributed by atoms with Crippen molar-refractivity contribution >= 4 is 29.1 Å². The molecule has 6 nitrogen and oxygen atoms in total. The quantitative estimate of drug-likeness (QED) is 0.397. The van der Waals surface area contributed by atoms with Crippen LogP contribution in [0.2, 0.25) is 0 Å². The molecular formula is C32H40N3O3+. The molecule has 0 aromatic heterocycles. The van der Waals surface area contributed by atoms with E-state index < -0.39 is 5.97 Å². The van der Waals surface area contributed by atoms with Gasteiger partial charge in [0.25, 0.3) is 0 Å². The Kier molecular flexibility index (Phi) is 6.55. The molecule has 38 heavy (non-hydrogen) atoms. The van der Waals surface area contributed by atoms with E-state index in [4.69, 9.17) is 9.84 Å². The summed E-state index contributed by atoms with van der Waals surface area (Å²) in [5, 5.41) is 8.80. The molecule has 200 valence electrons. The van der Waals surface area contributed by atoms with Crippen LogP contribution in [-0.4, -0.2) is 71.6 Å². The van der Waals surface area contributed by atoms with Crippen LogP contribution in [0.5, 0.6) is 5.75 Å². The Bertz CT molecular complexity index is 1320. The number of ether oxygens (including phenoxy) is 1. The van der Waals surface area contributed by atoms with Crippen molar-refractivity contribution in [3.8, 4) is 5.75 Å². The summed E-state index contributed by atoms with van der Waals surface area (Å²) in [5.74, 6) is 0.321. The van der Waals surface area contributed by atoms with Gasteiger partial charge in [-0.1, -0.05) is 18.1 Å². The smallest absolute Gasteiger partial charge is 0.303 e. The predicted octanol–water partition coefficient (Wildman–Crippen LogP) is 5.39. The molecule has 0 aliphatic carbocycles. The standard InChI is InChI=1S/C32H39N3O3/c1-22-8-11-27-26(19-22)32(2,3)31-25-20-23-9-10-24(21-29(23)38-28(25)12-14-35(27)31)34-17-15-33(16-18-34)13-6-4-5-7-30(36)37/h8-11,19-21,28H,4-7,12-18H2,1-3H3/p+1. The highest BCUT2D eigenvalue weighted by Gasteiger charge is 2.52. The van der Waals surface area contributed by atoms with Crippen molar-refractivity contribution in [2.24, 2.45) is 0 Å². The number of unbranched alkanes of at least 4 members (excludes halogenated alkanes) is 2. The molecule has 2 aromatic rings. The Hall–Kier alpha value is -3.12. The molecule has 1 N–H and O–H groups in total. The first-order valence-corrected chi connectivity index (χ1v) is 14.3. The van der Waals surface area contributed by atoms with Gasteiger partial charge in [-0.2, -0.15) is 4.58 Å². The van der Waals surface area contributed by atoms with Crippen LogP contribution >= 0.6 is 0 Å². The Balaban J connectivity index is 1.15. The lowest BCUT2D eigenvalue weighted by Crippen LogP contribution is -2.46. The average Bonchev–Trinajstić information content (AvgIpc) is 3.13. The molecule has 1 atom stereocenters. The third-order valence-corrected chi connectivity index (χ3v) is 8.89. The molecule has 0 radical (unpaired) electrons. The fourth-order valence-corrected chi connectivity index (χ4v) is 6.84. The van der Waals surface area contributed by atoms with Gasteiger partial charge >= 0.3 is 5.97 Å². The van der Waals surface area contributed by atoms with Gasteiger partial charge < -0.3 is 14.7 Å². The molecule has 0 amide bonds. The van der Waals surface area contributed by atoms with Crippen molar-refractivity contribution < 1.29 is 19.2 Å². The summed E-state index contributed by atoms with van der Waals surface area (Å²) < 4.78 is 9.24. The van der Waals surface area contributed by atoms with Crippen LogP contribution in [0.15, 0.2) is 42.0 Å². The number of anilines is 1. The zero-order valence-corrected chi connectivity index (χ0v) is 23.0. The number of hydrogen-bond acceptors (Lipinski definition) is 4. The number of aryl methyl sites for hydroxylation is 1. The van der Waals surface area contributed by atoms with Crippen LogP contribution in [0.4, 0.5) is 11.4 Å². The second kappa shape index (κ2) is 9.88. The fraction of sp³-hybridized carbons (Fsp3) is 0.500. The summed E-state index contributed by atoms with van der Waals surface area (Å²) in [6.45, 7) is 13.1. The molecule has 1 saturated heterocycles. The zero-order chi connectivity index (χ0) is 26.4. The first kappa shape index (κ1) is 25.2. The Morgan fingerprint density at radius 1 is 1.08 bits per heavy atom. The van der Waals surface area contributed by atoms with E-state index in [2.05, 4.69) is 77.6 Å². The number of rotatable bonds is 7. The number of carboxylic acid groups (broad SMARTS) is 1. The van der Waals surface area contributed by atoms with Gasteiger partial charge in [0.15, 0.2) is 12.3 Å². The van der Waals surface area contributed by atoms with Crippen LogP contribution in [0.1, 0.15) is 62.6 Å². The van der Waals surface area contributed by atoms with Gasteiger partial charge in [0.2, 0.25) is 5.69 Å². The molecule has 1 fully saturated rings. The maximum atomic E-state index is 10.7. The van der Waals surface area contributed by atoms with Crippen LogP contribution in [-0.2, 0) is 10.2 Å². The van der Waals surface area contributed by atoms with Gasteiger partial charge in [-0.25, -0.2) is 0 Å². The summed E-state index contributed by atoms with van der Waals surface area (Å²) in [6, 6.07) is 13.6. The lowest BCUT2D eigenvalue weighted by atomic mass is 9.75. The number of benzene rings is 2. The van der Waals surface area contributed by atoms with E-state index in [1.807, 2.05) is 0 Å². The first-order chi connectivity index (χ1) is 18.3. The van der Waals surface area contributed by atoms with Crippen LogP contribution < -0.4 is 9.64 Å². The van der Waals surface area contributed by atoms with E-state index in [1.165, 1.54) is 39.3 Å². The molecule has 4 heterocycles. The van der Waals surface area contributed by atoms with Crippen LogP contribution in [0.25, 0.3) is 6.08 Å². The molecule has 0 saturated carbocycles. The number of nitrogens with zero attached hydrogens (tertiary/aromatic N) is 3. The lowest BCUT2D eigenvalue weighted by molar-refractivity contribution is -0.444. The van der Waals surface area contributed by atoms with Crippen molar-refractivity contribution in [1.82, 2.24) is 4.90 Å². The monoisotopic (exact) mass is 514 g/mol. The minimum atomic E-state index is -0.688. The van der Waals surface area contributed by atoms with E-state index in [1.54, 1.807) is 0 Å². The lowest BCUT2D eigenvalue weighted by Gasteiger charge is -2.37. The van der Waals surface area contributed by atoms with Crippen molar-refractivity contribution in [2.75, 3.05) is 44.2 Å². The molecule has 4 aliphatic rings. The largest absolute Gasteiger partial charge is 0.485 e. The normalized spacial score (nSPS) is 21.7. The first-order valence-electron chi connectivity index (χ1n) is 14.3. The van der Waals surface area contributed by atoms with Crippen molar-refractivity contribution in [3.05, 3.63) is 58.7 Å². The summed E-state index contributed by atoms with van der Waals surface area (Å²) in [5.41, 5.74) is 9.23. The number of hydrogen-bond donors (Lipinski definition) is 1. The second-order valence-corrected chi connectivity index (χ2v) is 11.9. The topological polar surface area (TPSA) is 56.0 Å². The number of aliphatic carboxylic acids is 1. The van der Waals surface area contributed by atoms with Gasteiger partial charge in [0, 0.05) is 68.0 Å². The van der Waals surface area contributed by atoms with Crippen molar-refractivity contribution in [1.29, 1.82) is 0 Å². The maximum absolute atomic E-state index is 10.7. The van der Waals surface area contributed by atoms with E-state index in [0.29, 0.717) is 0 Å². The van der Waals surface area contributed by atoms with E-state index >= 15 is 0 Å². The highest BCUT2D eigenvalue weighted by molar-refractivity contribution is 6.11. The highest BCUT2D eigenvalue weighted by atomic mass is 16.5. The van der Waals surface area contributed by atoms with Crippen molar-refractivity contribution in [2.45, 2.75) is 64.4 Å². The van der Waals surface area contributed by atoms with E-state index in [0.717, 1.165) is 70.7 Å². The minimum Gasteiger partial charge on any atom is -0.485 e. The highest BCUT2D eigenvalue weighted by Crippen LogP contribution is 2.47. The summed E-state index contributed by atoms with van der Waals surface area (Å²) in [7, 11) is 0. The number of carbonyl (C=O) groups is 1. The summed E-state index contributed by atoms with van der Waals surface area (Å²) >= 11 is 0. The Morgan fingerprint density at radius 2 is 1.89 bits per heavy atom. The number of carboxylic acids is 1. The third-order valence-electron chi connectivity index (χ3n) is 8.89. The summed E-state index contributed by atoms with van der Waals surface area (Å²) in [4.78, 5) is 15.7. The summed E-state index contributed by atoms with van der Waals surface area (Å²) in [6.07, 6.45) is 6.62. The molecule has 2 aromatic carbocycles. The number of fused-ring (bicyclic) bond motifs is 5. The molecule has 6 heteroatoms. The minimum absolute atomic E-state index is 0.0391. The number of piperazine rings is 1. The molecule has 6 rings (SSSR count). The Morgan fingerprint density at radius 3 is 2.68 bits per heavy atom. The molecule has 4 aliphatic heterocycles. The van der Waals surface area contributed by atoms with Gasteiger partial charge in [-0.15, -0.1) is 0 Å². The molecular weight excluding hydrogens is 474 g/mol. The Labute approximate surface area is 226 Å². The van der Waals surface area contributed by atoms with Gasteiger partial charge in [0.1, 0.15) is 11.9 Å². The van der Waals surface area contributed by atoms with Gasteiger partial charge in [-0.3, -0.25) is 9.69 Å². The SMILES string of the molecule is Cc1ccc2c(c1)C(C)(C)C1=[N+]2CCC2Oc3cc(N4CCN(CCCCCC(=O)O)CC4)ccc3C=C12. The van der Waals surface area contributed by atoms with Crippen LogP contribution in [0.3, 0.4) is 0 Å². The molecule has 1 unspecified atom stereocenters. The van der Waals surface area contributed by atoms with Gasteiger partial charge in [0.05, 0.1) is 11.0 Å². The average molecular weight is 515 g/mol. The second-order valence-electron chi connectivity index (χ2n) is 11.9. The zero-order valence-electron chi connectivity index (χ0n) is 23.0. The van der Waals surface area contributed by atoms with Gasteiger partial charge in [-0.05, 0) is 64.4 Å². The third kappa shape index (κ3) is 4.53. The molecule has 0 bridgehead atoms.